The molecular formula is C22H23ClFN3O. The molecule has 146 valence electrons. The van der Waals surface area contributed by atoms with Crippen LogP contribution in [0.3, 0.4) is 0 Å². The van der Waals surface area contributed by atoms with Gasteiger partial charge in [0, 0.05) is 17.1 Å². The van der Waals surface area contributed by atoms with Crippen LogP contribution in [0.15, 0.2) is 36.4 Å². The van der Waals surface area contributed by atoms with Crippen molar-refractivity contribution in [2.24, 2.45) is 5.92 Å². The average molecular weight is 400 g/mol. The number of anilines is 1. The number of benzene rings is 2. The van der Waals surface area contributed by atoms with Crippen LogP contribution in [0.1, 0.15) is 44.0 Å². The zero-order valence-corrected chi connectivity index (χ0v) is 16.6. The highest BCUT2D eigenvalue weighted by atomic mass is 35.5. The molecule has 0 unspecified atom stereocenters. The Morgan fingerprint density at radius 1 is 1.32 bits per heavy atom. The van der Waals surface area contributed by atoms with Crippen LogP contribution in [0.4, 0.5) is 10.1 Å². The molecule has 3 aromatic rings. The summed E-state index contributed by atoms with van der Waals surface area (Å²) >= 11 is 6.29. The first-order valence-electron chi connectivity index (χ1n) is 9.76. The lowest BCUT2D eigenvalue weighted by Crippen LogP contribution is -2.30. The van der Waals surface area contributed by atoms with Crippen LogP contribution >= 0.6 is 11.6 Å². The highest BCUT2D eigenvalue weighted by Crippen LogP contribution is 2.35. The summed E-state index contributed by atoms with van der Waals surface area (Å²) in [7, 11) is 0. The normalized spacial score (nSPS) is 13.8. The fraction of sp³-hybridized carbons (Fsp3) is 0.364. The zero-order chi connectivity index (χ0) is 19.7. The molecule has 1 N–H and O–H groups in total. The topological polar surface area (TPSA) is 49.0 Å². The number of hydrogen-bond donors (Lipinski definition) is 1. The van der Waals surface area contributed by atoms with Gasteiger partial charge in [0.05, 0.1) is 17.6 Å². The smallest absolute Gasteiger partial charge is 0.227 e. The molecular weight excluding hydrogens is 377 g/mol. The van der Waals surface area contributed by atoms with E-state index in [2.05, 4.69) is 4.98 Å². The van der Waals surface area contributed by atoms with E-state index in [1.165, 1.54) is 25.0 Å². The number of nitrogens with one attached hydrogen (secondary N) is 1. The van der Waals surface area contributed by atoms with E-state index in [0.717, 1.165) is 35.4 Å². The van der Waals surface area contributed by atoms with Gasteiger partial charge >= 0.3 is 0 Å². The number of carbonyl (C=O) groups is 1. The molecule has 4 rings (SSSR count). The number of hydrogen-bond acceptors (Lipinski definition) is 2. The Hall–Kier alpha value is -2.40. The predicted octanol–water partition coefficient (Wildman–Crippen LogP) is 5.64. The van der Waals surface area contributed by atoms with Gasteiger partial charge < -0.3 is 9.88 Å². The summed E-state index contributed by atoms with van der Waals surface area (Å²) in [6, 6.07) is 9.96. The number of carbonyl (C=O) groups excluding carboxylic acids is 1. The monoisotopic (exact) mass is 399 g/mol. The number of halogens is 2. The van der Waals surface area contributed by atoms with Crippen molar-refractivity contribution < 1.29 is 9.18 Å². The molecule has 2 aromatic carbocycles. The molecule has 1 aliphatic carbocycles. The first-order valence-corrected chi connectivity index (χ1v) is 10.1. The van der Waals surface area contributed by atoms with Crippen molar-refractivity contribution in [2.45, 2.75) is 45.6 Å². The molecule has 4 nitrogen and oxygen atoms in total. The molecule has 1 amide bonds. The Morgan fingerprint density at radius 3 is 2.86 bits per heavy atom. The number of aromatic nitrogens is 2. The number of imidazole rings is 1. The molecule has 1 heterocycles. The first-order chi connectivity index (χ1) is 13.5. The van der Waals surface area contributed by atoms with Gasteiger partial charge in [-0.15, -0.1) is 0 Å². The van der Waals surface area contributed by atoms with Crippen LogP contribution in [-0.4, -0.2) is 15.9 Å². The Balaban J connectivity index is 1.67. The largest absolute Gasteiger partial charge is 0.340 e. The zero-order valence-electron chi connectivity index (χ0n) is 15.8. The van der Waals surface area contributed by atoms with Gasteiger partial charge in [0.25, 0.3) is 0 Å². The number of amides is 1. The lowest BCUT2D eigenvalue weighted by Gasteiger charge is -2.21. The second kappa shape index (κ2) is 7.92. The van der Waals surface area contributed by atoms with Crippen LogP contribution in [-0.2, 0) is 17.8 Å². The molecule has 0 spiro atoms. The van der Waals surface area contributed by atoms with Gasteiger partial charge in [0.1, 0.15) is 11.6 Å². The molecule has 0 radical (unpaired) electrons. The quantitative estimate of drug-likeness (QED) is 0.558. The van der Waals surface area contributed by atoms with Crippen LogP contribution in [0.2, 0.25) is 5.02 Å². The first kappa shape index (κ1) is 18.9. The minimum Gasteiger partial charge on any atom is -0.340 e. The van der Waals surface area contributed by atoms with Gasteiger partial charge in [0.15, 0.2) is 0 Å². The van der Waals surface area contributed by atoms with E-state index in [-0.39, 0.29) is 18.3 Å². The van der Waals surface area contributed by atoms with E-state index >= 15 is 0 Å². The Labute approximate surface area is 168 Å². The van der Waals surface area contributed by atoms with Gasteiger partial charge in [-0.2, -0.15) is 0 Å². The standard InChI is InChI=1S/C22H23ClFN3O/c1-2-4-21(28)27(18-6-3-5-17(24)12-18)13-20-25-19-11-16(23)10-15(22(19)26-20)9-14-7-8-14/h3,5-6,10-12,14H,2,4,7-9,13H2,1H3,(H,25,26). The molecule has 28 heavy (non-hydrogen) atoms. The van der Waals surface area contributed by atoms with Gasteiger partial charge in [-0.1, -0.05) is 24.6 Å². The van der Waals surface area contributed by atoms with Crippen molar-refractivity contribution in [3.05, 3.63) is 58.6 Å². The maximum absolute atomic E-state index is 13.7. The fourth-order valence-corrected chi connectivity index (χ4v) is 3.77. The van der Waals surface area contributed by atoms with E-state index in [0.29, 0.717) is 23.0 Å². The molecule has 1 aromatic heterocycles. The predicted molar refractivity (Wildman–Crippen MR) is 110 cm³/mol. The van der Waals surface area contributed by atoms with Gasteiger partial charge in [-0.05, 0) is 67.5 Å². The van der Waals surface area contributed by atoms with Gasteiger partial charge in [-0.3, -0.25) is 4.79 Å². The van der Waals surface area contributed by atoms with Gasteiger partial charge in [0.2, 0.25) is 5.91 Å². The van der Waals surface area contributed by atoms with Crippen LogP contribution in [0.25, 0.3) is 11.0 Å². The Bertz CT molecular complexity index is 1010. The third kappa shape index (κ3) is 4.20. The lowest BCUT2D eigenvalue weighted by atomic mass is 10.1. The summed E-state index contributed by atoms with van der Waals surface area (Å²) < 4.78 is 13.7. The van der Waals surface area contributed by atoms with Crippen molar-refractivity contribution in [1.82, 2.24) is 9.97 Å². The number of fused-ring (bicyclic) bond motifs is 1. The summed E-state index contributed by atoms with van der Waals surface area (Å²) in [6.45, 7) is 2.21. The minimum atomic E-state index is -0.366. The number of rotatable bonds is 7. The summed E-state index contributed by atoms with van der Waals surface area (Å²) in [5.41, 5.74) is 3.47. The SMILES string of the molecule is CCCC(=O)N(Cc1nc2c(CC3CC3)cc(Cl)cc2[nH]1)c1cccc(F)c1. The molecule has 0 saturated heterocycles. The molecule has 0 aliphatic heterocycles. The molecule has 6 heteroatoms. The number of nitrogens with zero attached hydrogens (tertiary/aromatic N) is 2. The highest BCUT2D eigenvalue weighted by Gasteiger charge is 2.24. The van der Waals surface area contributed by atoms with E-state index in [9.17, 15) is 9.18 Å². The summed E-state index contributed by atoms with van der Waals surface area (Å²) in [5, 5.41) is 0.683. The third-order valence-electron chi connectivity index (χ3n) is 5.08. The van der Waals surface area contributed by atoms with Gasteiger partial charge in [-0.25, -0.2) is 9.37 Å². The molecule has 1 aliphatic rings. The summed E-state index contributed by atoms with van der Waals surface area (Å²) in [5.74, 6) is 0.972. The molecule has 0 atom stereocenters. The van der Waals surface area contributed by atoms with Crippen molar-refractivity contribution in [3.63, 3.8) is 0 Å². The minimum absolute atomic E-state index is 0.0511. The second-order valence-electron chi connectivity index (χ2n) is 7.50. The van der Waals surface area contributed by atoms with Crippen molar-refractivity contribution in [3.8, 4) is 0 Å². The number of H-pyrrole nitrogens is 1. The Kier molecular flexibility index (Phi) is 5.36. The van der Waals surface area contributed by atoms with E-state index in [1.54, 1.807) is 17.0 Å². The van der Waals surface area contributed by atoms with E-state index in [1.807, 2.05) is 19.1 Å². The summed E-state index contributed by atoms with van der Waals surface area (Å²) in [4.78, 5) is 22.3. The second-order valence-corrected chi connectivity index (χ2v) is 7.94. The van der Waals surface area contributed by atoms with Crippen molar-refractivity contribution >= 4 is 34.2 Å². The van der Waals surface area contributed by atoms with Crippen LogP contribution in [0, 0.1) is 11.7 Å². The van der Waals surface area contributed by atoms with Crippen LogP contribution < -0.4 is 4.90 Å². The Morgan fingerprint density at radius 2 is 2.14 bits per heavy atom. The molecule has 1 saturated carbocycles. The lowest BCUT2D eigenvalue weighted by molar-refractivity contribution is -0.118. The summed E-state index contributed by atoms with van der Waals surface area (Å²) in [6.07, 6.45) is 4.61. The molecule has 0 bridgehead atoms. The number of aromatic amines is 1. The van der Waals surface area contributed by atoms with Crippen molar-refractivity contribution in [1.29, 1.82) is 0 Å². The highest BCUT2D eigenvalue weighted by molar-refractivity contribution is 6.31. The maximum Gasteiger partial charge on any atom is 0.227 e. The fourth-order valence-electron chi connectivity index (χ4n) is 3.53. The maximum atomic E-state index is 13.7. The van der Waals surface area contributed by atoms with E-state index in [4.69, 9.17) is 16.6 Å². The van der Waals surface area contributed by atoms with Crippen molar-refractivity contribution in [2.75, 3.05) is 4.90 Å². The van der Waals surface area contributed by atoms with E-state index < -0.39 is 0 Å². The van der Waals surface area contributed by atoms with Crippen LogP contribution in [0.5, 0.6) is 0 Å². The third-order valence-corrected chi connectivity index (χ3v) is 5.30. The molecule has 1 fully saturated rings. The average Bonchev–Trinajstić information content (AvgIpc) is 3.37.